The summed E-state index contributed by atoms with van der Waals surface area (Å²) in [6.45, 7) is 0. The van der Waals surface area contributed by atoms with Crippen LogP contribution in [0.2, 0.25) is 0 Å². The van der Waals surface area contributed by atoms with Crippen molar-refractivity contribution in [3.63, 3.8) is 0 Å². The quantitative estimate of drug-likeness (QED) is 0.506. The number of rotatable bonds is 5. The summed E-state index contributed by atoms with van der Waals surface area (Å²) in [5.41, 5.74) is 10.6. The summed E-state index contributed by atoms with van der Waals surface area (Å²) in [6.07, 6.45) is 0. The molecular weight excluding hydrogens is 356 g/mol. The fourth-order valence-corrected chi connectivity index (χ4v) is 3.13. The summed E-state index contributed by atoms with van der Waals surface area (Å²) in [6, 6.07) is 17.0. The summed E-state index contributed by atoms with van der Waals surface area (Å²) in [5.74, 6) is 2.54. The van der Waals surface area contributed by atoms with Crippen LogP contribution in [0.4, 0.5) is 5.69 Å². The minimum atomic E-state index is 0.512. The highest BCUT2D eigenvalue weighted by Crippen LogP contribution is 2.38. The van der Waals surface area contributed by atoms with Gasteiger partial charge < -0.3 is 24.4 Å². The second-order valence-electron chi connectivity index (χ2n) is 6.23. The van der Waals surface area contributed by atoms with Gasteiger partial charge in [0.05, 0.1) is 21.3 Å². The van der Waals surface area contributed by atoms with E-state index in [2.05, 4.69) is 4.98 Å². The average molecular weight is 376 g/mol. The molecule has 1 aromatic heterocycles. The van der Waals surface area contributed by atoms with Gasteiger partial charge in [-0.15, -0.1) is 0 Å². The first kappa shape index (κ1) is 17.7. The highest BCUT2D eigenvalue weighted by atomic mass is 16.5. The number of benzene rings is 3. The Balaban J connectivity index is 1.77. The molecule has 2 N–H and O–H groups in total. The number of anilines is 1. The maximum absolute atomic E-state index is 5.86. The van der Waals surface area contributed by atoms with Gasteiger partial charge in [-0.05, 0) is 54.1 Å². The van der Waals surface area contributed by atoms with Gasteiger partial charge in [0, 0.05) is 16.8 Å². The molecule has 142 valence electrons. The molecule has 4 aromatic rings. The number of hydrogen-bond donors (Lipinski definition) is 1. The van der Waals surface area contributed by atoms with E-state index in [9.17, 15) is 0 Å². The van der Waals surface area contributed by atoms with Crippen LogP contribution in [0.3, 0.4) is 0 Å². The van der Waals surface area contributed by atoms with Crippen LogP contribution in [0.25, 0.3) is 33.7 Å². The molecule has 0 aliphatic rings. The Labute approximate surface area is 162 Å². The average Bonchev–Trinajstić information content (AvgIpc) is 3.15. The van der Waals surface area contributed by atoms with E-state index in [1.807, 2.05) is 42.5 Å². The Bertz CT molecular complexity index is 1150. The minimum absolute atomic E-state index is 0.512. The van der Waals surface area contributed by atoms with Gasteiger partial charge in [-0.3, -0.25) is 0 Å². The van der Waals surface area contributed by atoms with Crippen LogP contribution in [-0.4, -0.2) is 26.3 Å². The van der Waals surface area contributed by atoms with Gasteiger partial charge in [-0.25, -0.2) is 4.98 Å². The molecule has 6 nitrogen and oxygen atoms in total. The summed E-state index contributed by atoms with van der Waals surface area (Å²) in [5, 5.41) is 0. The molecule has 3 aromatic carbocycles. The molecule has 0 bridgehead atoms. The molecule has 0 amide bonds. The number of fused-ring (bicyclic) bond motifs is 1. The maximum Gasteiger partial charge on any atom is 0.227 e. The first-order chi connectivity index (χ1) is 13.6. The number of nitrogen functional groups attached to an aromatic ring is 1. The van der Waals surface area contributed by atoms with Crippen LogP contribution in [0, 0.1) is 0 Å². The molecule has 0 atom stereocenters. The van der Waals surface area contributed by atoms with E-state index in [1.165, 1.54) is 0 Å². The fourth-order valence-electron chi connectivity index (χ4n) is 3.13. The number of hydrogen-bond acceptors (Lipinski definition) is 6. The second-order valence-corrected chi connectivity index (χ2v) is 6.23. The third-order valence-electron chi connectivity index (χ3n) is 4.55. The molecule has 0 fully saturated rings. The van der Waals surface area contributed by atoms with E-state index < -0.39 is 0 Å². The Hall–Kier alpha value is -3.67. The van der Waals surface area contributed by atoms with Crippen molar-refractivity contribution in [2.24, 2.45) is 0 Å². The zero-order valence-electron chi connectivity index (χ0n) is 15.9. The smallest absolute Gasteiger partial charge is 0.227 e. The summed E-state index contributed by atoms with van der Waals surface area (Å²) in [4.78, 5) is 4.53. The number of ether oxygens (including phenoxy) is 3. The molecular formula is C22H20N2O4. The molecule has 1 heterocycles. The number of nitrogens with zero attached hydrogens (tertiary/aromatic N) is 1. The molecule has 0 unspecified atom stereocenters. The summed E-state index contributed by atoms with van der Waals surface area (Å²) >= 11 is 0. The van der Waals surface area contributed by atoms with Crippen LogP contribution in [0.1, 0.15) is 0 Å². The molecule has 0 saturated heterocycles. The summed E-state index contributed by atoms with van der Waals surface area (Å²) < 4.78 is 22.2. The van der Waals surface area contributed by atoms with E-state index in [-0.39, 0.29) is 0 Å². The van der Waals surface area contributed by atoms with Crippen LogP contribution in [0.15, 0.2) is 59.0 Å². The number of aromatic nitrogens is 1. The lowest BCUT2D eigenvalue weighted by Crippen LogP contribution is -1.93. The van der Waals surface area contributed by atoms with Crippen LogP contribution in [0.5, 0.6) is 17.2 Å². The lowest BCUT2D eigenvalue weighted by atomic mass is 10.0. The van der Waals surface area contributed by atoms with Gasteiger partial charge >= 0.3 is 0 Å². The summed E-state index contributed by atoms with van der Waals surface area (Å²) in [7, 11) is 4.86. The van der Waals surface area contributed by atoms with Crippen LogP contribution in [-0.2, 0) is 0 Å². The third kappa shape index (κ3) is 3.09. The monoisotopic (exact) mass is 376 g/mol. The highest BCUT2D eigenvalue weighted by Gasteiger charge is 2.14. The lowest BCUT2D eigenvalue weighted by molar-refractivity contribution is 0.355. The Kier molecular flexibility index (Phi) is 4.53. The number of oxazole rings is 1. The number of nitrogens with two attached hydrogens (primary N) is 1. The van der Waals surface area contributed by atoms with Crippen LogP contribution >= 0.6 is 0 Å². The third-order valence-corrected chi connectivity index (χ3v) is 4.55. The van der Waals surface area contributed by atoms with Crippen molar-refractivity contribution in [3.8, 4) is 39.8 Å². The van der Waals surface area contributed by atoms with Crippen molar-refractivity contribution >= 4 is 16.8 Å². The van der Waals surface area contributed by atoms with Crippen molar-refractivity contribution in [2.75, 3.05) is 27.1 Å². The topological polar surface area (TPSA) is 79.7 Å². The molecule has 6 heteroatoms. The molecule has 4 rings (SSSR count). The van der Waals surface area contributed by atoms with Gasteiger partial charge in [0.15, 0.2) is 17.1 Å². The van der Waals surface area contributed by atoms with E-state index in [1.54, 1.807) is 33.5 Å². The van der Waals surface area contributed by atoms with E-state index in [4.69, 9.17) is 24.4 Å². The van der Waals surface area contributed by atoms with Crippen LogP contribution < -0.4 is 19.9 Å². The van der Waals surface area contributed by atoms with Crippen molar-refractivity contribution in [3.05, 3.63) is 54.6 Å². The second kappa shape index (κ2) is 7.15. The molecule has 0 radical (unpaired) electrons. The molecule has 0 aliphatic heterocycles. The Morgan fingerprint density at radius 1 is 0.750 bits per heavy atom. The number of methoxy groups -OCH3 is 3. The van der Waals surface area contributed by atoms with Crippen molar-refractivity contribution in [1.82, 2.24) is 4.98 Å². The normalized spacial score (nSPS) is 10.8. The molecule has 0 spiro atoms. The van der Waals surface area contributed by atoms with Gasteiger partial charge in [0.25, 0.3) is 0 Å². The Morgan fingerprint density at radius 3 is 2.21 bits per heavy atom. The van der Waals surface area contributed by atoms with E-state index >= 15 is 0 Å². The largest absolute Gasteiger partial charge is 0.496 e. The maximum atomic E-state index is 5.86. The van der Waals surface area contributed by atoms with Gasteiger partial charge in [-0.2, -0.15) is 0 Å². The minimum Gasteiger partial charge on any atom is -0.496 e. The first-order valence-electron chi connectivity index (χ1n) is 8.70. The van der Waals surface area contributed by atoms with E-state index in [0.29, 0.717) is 34.4 Å². The zero-order chi connectivity index (χ0) is 19.7. The zero-order valence-corrected chi connectivity index (χ0v) is 15.9. The Morgan fingerprint density at radius 2 is 1.46 bits per heavy atom. The SMILES string of the molecule is COc1ccc(-c2ccc(-c3nc4cc(N)ccc4o3)cc2OC)cc1OC. The lowest BCUT2D eigenvalue weighted by Gasteiger charge is -2.13. The standard InChI is InChI=1S/C22H20N2O4/c1-25-19-8-5-13(10-21(19)27-3)16-7-4-14(11-20(16)26-2)22-24-17-12-15(23)6-9-18(17)28-22/h4-12H,23H2,1-3H3. The van der Waals surface area contributed by atoms with Gasteiger partial charge in [0.1, 0.15) is 11.3 Å². The molecule has 0 saturated carbocycles. The highest BCUT2D eigenvalue weighted by molar-refractivity contribution is 5.81. The van der Waals surface area contributed by atoms with Crippen molar-refractivity contribution in [1.29, 1.82) is 0 Å². The van der Waals surface area contributed by atoms with Crippen molar-refractivity contribution < 1.29 is 18.6 Å². The first-order valence-corrected chi connectivity index (χ1v) is 8.70. The fraction of sp³-hybridized carbons (Fsp3) is 0.136. The predicted octanol–water partition coefficient (Wildman–Crippen LogP) is 4.77. The van der Waals surface area contributed by atoms with Crippen molar-refractivity contribution in [2.45, 2.75) is 0 Å². The molecule has 0 aliphatic carbocycles. The predicted molar refractivity (Wildman–Crippen MR) is 109 cm³/mol. The molecule has 28 heavy (non-hydrogen) atoms. The van der Waals surface area contributed by atoms with E-state index in [0.717, 1.165) is 22.2 Å². The van der Waals surface area contributed by atoms with Gasteiger partial charge in [-0.1, -0.05) is 6.07 Å². The van der Waals surface area contributed by atoms with Gasteiger partial charge in [0.2, 0.25) is 5.89 Å².